The second kappa shape index (κ2) is 7.71. The minimum atomic E-state index is -0.633. The highest BCUT2D eigenvalue weighted by Gasteiger charge is 2.37. The van der Waals surface area contributed by atoms with E-state index in [1.54, 1.807) is 37.5 Å². The normalized spacial score (nSPS) is 16.1. The number of fused-ring (bicyclic) bond motifs is 1. The number of amides is 3. The van der Waals surface area contributed by atoms with Gasteiger partial charge in [-0.3, -0.25) is 35.1 Å². The van der Waals surface area contributed by atoms with E-state index < -0.39 is 5.92 Å². The van der Waals surface area contributed by atoms with Crippen molar-refractivity contribution in [2.45, 2.75) is 26.7 Å². The summed E-state index contributed by atoms with van der Waals surface area (Å²) < 4.78 is 0. The molecule has 0 bridgehead atoms. The van der Waals surface area contributed by atoms with Gasteiger partial charge in [0.05, 0.1) is 22.7 Å². The number of pyridine rings is 1. The molecule has 3 heterocycles. The average molecular weight is 417 g/mol. The van der Waals surface area contributed by atoms with Gasteiger partial charge in [0.1, 0.15) is 5.82 Å². The first-order valence-corrected chi connectivity index (χ1v) is 9.90. The second-order valence-electron chi connectivity index (χ2n) is 7.82. The van der Waals surface area contributed by atoms with Gasteiger partial charge in [0.15, 0.2) is 0 Å². The van der Waals surface area contributed by atoms with Gasteiger partial charge in [-0.1, -0.05) is 6.07 Å². The lowest BCUT2D eigenvalue weighted by molar-refractivity contribution is -0.121. The highest BCUT2D eigenvalue weighted by atomic mass is 16.2. The van der Waals surface area contributed by atoms with Crippen molar-refractivity contribution >= 4 is 23.4 Å². The standard InChI is InChI=1S/C23H23N5O3/c1-12-8-16(20-17(9-12)22(30)28(4)23(20)31)14(3)21(29)25-19-6-5-18(26-27-19)15-7-13(2)10-24-11-15/h5-11,14,26-27H,1-4H3,(H,25,29)/t14-/m1/s1. The van der Waals surface area contributed by atoms with Crippen molar-refractivity contribution in [2.75, 3.05) is 7.05 Å². The summed E-state index contributed by atoms with van der Waals surface area (Å²) >= 11 is 0. The van der Waals surface area contributed by atoms with Gasteiger partial charge in [-0.15, -0.1) is 0 Å². The monoisotopic (exact) mass is 417 g/mol. The van der Waals surface area contributed by atoms with E-state index in [0.717, 1.165) is 27.3 Å². The first-order chi connectivity index (χ1) is 14.8. The van der Waals surface area contributed by atoms with Gasteiger partial charge in [-0.25, -0.2) is 0 Å². The zero-order valence-electron chi connectivity index (χ0n) is 17.7. The molecule has 0 saturated carbocycles. The molecule has 31 heavy (non-hydrogen) atoms. The van der Waals surface area contributed by atoms with Crippen LogP contribution in [0, 0.1) is 13.8 Å². The van der Waals surface area contributed by atoms with Crippen molar-refractivity contribution in [3.8, 4) is 0 Å². The summed E-state index contributed by atoms with van der Waals surface area (Å²) in [6.07, 6.45) is 7.12. The predicted molar refractivity (Wildman–Crippen MR) is 115 cm³/mol. The molecule has 0 radical (unpaired) electrons. The Bertz CT molecular complexity index is 1180. The molecular weight excluding hydrogens is 394 g/mol. The minimum Gasteiger partial charge on any atom is -0.311 e. The lowest BCUT2D eigenvalue weighted by atomic mass is 9.90. The van der Waals surface area contributed by atoms with Crippen molar-refractivity contribution in [2.24, 2.45) is 0 Å². The van der Waals surface area contributed by atoms with Crippen molar-refractivity contribution < 1.29 is 14.4 Å². The number of allylic oxidation sites excluding steroid dienone is 2. The quantitative estimate of drug-likeness (QED) is 0.659. The van der Waals surface area contributed by atoms with E-state index in [1.165, 1.54) is 7.05 Å². The van der Waals surface area contributed by atoms with Crippen molar-refractivity contribution in [3.63, 3.8) is 0 Å². The van der Waals surface area contributed by atoms with E-state index in [9.17, 15) is 14.4 Å². The Morgan fingerprint density at radius 3 is 2.48 bits per heavy atom. The fourth-order valence-corrected chi connectivity index (χ4v) is 3.71. The molecule has 4 rings (SSSR count). The molecule has 8 nitrogen and oxygen atoms in total. The number of aromatic nitrogens is 1. The molecule has 0 aliphatic carbocycles. The summed E-state index contributed by atoms with van der Waals surface area (Å²) in [6.45, 7) is 5.53. The Balaban J connectivity index is 1.55. The number of carbonyl (C=O) groups is 3. The van der Waals surface area contributed by atoms with Crippen LogP contribution in [0.2, 0.25) is 0 Å². The third-order valence-corrected chi connectivity index (χ3v) is 5.42. The molecule has 8 heteroatoms. The molecule has 2 aliphatic rings. The van der Waals surface area contributed by atoms with Crippen LogP contribution >= 0.6 is 0 Å². The molecule has 3 N–H and O–H groups in total. The Labute approximate surface area is 180 Å². The number of hydrogen-bond donors (Lipinski definition) is 3. The third kappa shape index (κ3) is 3.68. The molecule has 0 unspecified atom stereocenters. The van der Waals surface area contributed by atoms with Crippen LogP contribution in [0.5, 0.6) is 0 Å². The first-order valence-electron chi connectivity index (χ1n) is 9.90. The van der Waals surface area contributed by atoms with Crippen LogP contribution < -0.4 is 16.2 Å². The number of nitrogens with zero attached hydrogens (tertiary/aromatic N) is 2. The number of benzene rings is 1. The number of nitrogens with one attached hydrogen (secondary N) is 3. The fraction of sp³-hybridized carbons (Fsp3) is 0.217. The zero-order valence-corrected chi connectivity index (χ0v) is 17.7. The van der Waals surface area contributed by atoms with Crippen LogP contribution in [0.15, 0.2) is 48.6 Å². The predicted octanol–water partition coefficient (Wildman–Crippen LogP) is 2.13. The smallest absolute Gasteiger partial charge is 0.261 e. The molecule has 0 saturated heterocycles. The fourth-order valence-electron chi connectivity index (χ4n) is 3.71. The molecule has 2 aliphatic heterocycles. The van der Waals surface area contributed by atoms with Gasteiger partial charge in [-0.05, 0) is 61.7 Å². The van der Waals surface area contributed by atoms with Crippen molar-refractivity contribution in [1.82, 2.24) is 26.1 Å². The van der Waals surface area contributed by atoms with Crippen LogP contribution in [0.1, 0.15) is 55.8 Å². The molecule has 1 aromatic heterocycles. The number of carbonyl (C=O) groups excluding carboxylic acids is 3. The number of hydrogen-bond acceptors (Lipinski definition) is 6. The Morgan fingerprint density at radius 1 is 1.03 bits per heavy atom. The van der Waals surface area contributed by atoms with Crippen LogP contribution in [0.25, 0.3) is 5.70 Å². The Morgan fingerprint density at radius 2 is 1.81 bits per heavy atom. The van der Waals surface area contributed by atoms with Gasteiger partial charge < -0.3 is 5.32 Å². The highest BCUT2D eigenvalue weighted by Crippen LogP contribution is 2.31. The summed E-state index contributed by atoms with van der Waals surface area (Å²) in [7, 11) is 1.45. The maximum absolute atomic E-state index is 12.9. The molecule has 0 spiro atoms. The number of hydrazine groups is 1. The van der Waals surface area contributed by atoms with E-state index in [-0.39, 0.29) is 17.7 Å². The van der Waals surface area contributed by atoms with Crippen LogP contribution in [0.3, 0.4) is 0 Å². The average Bonchev–Trinajstić information content (AvgIpc) is 2.97. The Kier molecular flexibility index (Phi) is 5.06. The number of rotatable bonds is 4. The summed E-state index contributed by atoms with van der Waals surface area (Å²) in [5.41, 5.74) is 10.8. The molecule has 0 fully saturated rings. The van der Waals surface area contributed by atoms with Gasteiger partial charge in [0, 0.05) is 25.0 Å². The van der Waals surface area contributed by atoms with Gasteiger partial charge in [-0.2, -0.15) is 0 Å². The topological polar surface area (TPSA) is 103 Å². The van der Waals surface area contributed by atoms with E-state index in [1.807, 2.05) is 26.0 Å². The van der Waals surface area contributed by atoms with E-state index >= 15 is 0 Å². The summed E-state index contributed by atoms with van der Waals surface area (Å²) in [4.78, 5) is 43.1. The number of aryl methyl sites for hydroxylation is 2. The van der Waals surface area contributed by atoms with Crippen molar-refractivity contribution in [3.05, 3.63) is 81.9 Å². The molecule has 2 aromatic rings. The molecular formula is C23H23N5O3. The summed E-state index contributed by atoms with van der Waals surface area (Å²) in [5.74, 6) is -1.18. The van der Waals surface area contributed by atoms with Crippen LogP contribution in [-0.2, 0) is 4.79 Å². The van der Waals surface area contributed by atoms with E-state index in [0.29, 0.717) is 22.5 Å². The summed E-state index contributed by atoms with van der Waals surface area (Å²) in [5, 5.41) is 2.83. The molecule has 1 atom stereocenters. The van der Waals surface area contributed by atoms with Gasteiger partial charge in [0.2, 0.25) is 5.91 Å². The Hall–Kier alpha value is -3.94. The zero-order chi connectivity index (χ0) is 22.3. The lowest BCUT2D eigenvalue weighted by Gasteiger charge is -2.22. The molecule has 1 aromatic carbocycles. The third-order valence-electron chi connectivity index (χ3n) is 5.42. The van der Waals surface area contributed by atoms with Crippen LogP contribution in [-0.4, -0.2) is 34.7 Å². The maximum atomic E-state index is 12.9. The van der Waals surface area contributed by atoms with Crippen LogP contribution in [0.4, 0.5) is 0 Å². The van der Waals surface area contributed by atoms with Gasteiger partial charge >= 0.3 is 0 Å². The largest absolute Gasteiger partial charge is 0.311 e. The SMILES string of the molecule is Cc1cncc(C2=CC=C(NC(=O)[C@H](C)c3cc(C)cc4c3C(=O)N(C)C4=O)NN2)c1. The maximum Gasteiger partial charge on any atom is 0.261 e. The first kappa shape index (κ1) is 20.3. The number of imide groups is 1. The van der Waals surface area contributed by atoms with Gasteiger partial charge in [0.25, 0.3) is 11.8 Å². The lowest BCUT2D eigenvalue weighted by Crippen LogP contribution is -2.41. The molecule has 158 valence electrons. The summed E-state index contributed by atoms with van der Waals surface area (Å²) in [6, 6.07) is 5.48. The minimum absolute atomic E-state index is 0.294. The highest BCUT2D eigenvalue weighted by molar-refractivity contribution is 6.22. The second-order valence-corrected chi connectivity index (χ2v) is 7.82. The van der Waals surface area contributed by atoms with E-state index in [2.05, 4.69) is 21.2 Å². The van der Waals surface area contributed by atoms with Crippen molar-refractivity contribution in [1.29, 1.82) is 0 Å². The van der Waals surface area contributed by atoms with E-state index in [4.69, 9.17) is 0 Å². The molecule has 3 amide bonds.